The van der Waals surface area contributed by atoms with Crippen LogP contribution in [0.1, 0.15) is 5.56 Å². The van der Waals surface area contributed by atoms with Crippen molar-refractivity contribution in [2.45, 2.75) is 18.1 Å². The predicted molar refractivity (Wildman–Crippen MR) is 94.3 cm³/mol. The molecule has 2 aromatic heterocycles. The van der Waals surface area contributed by atoms with Gasteiger partial charge in [0.05, 0.1) is 0 Å². The number of rotatable bonds is 7. The molecule has 3 rings (SSSR count). The van der Waals surface area contributed by atoms with E-state index >= 15 is 0 Å². The first-order chi connectivity index (χ1) is 11.4. The first-order valence-corrected chi connectivity index (χ1v) is 8.48. The van der Waals surface area contributed by atoms with Gasteiger partial charge in [-0.15, -0.1) is 16.8 Å². The summed E-state index contributed by atoms with van der Waals surface area (Å²) in [7, 11) is 0. The fourth-order valence-corrected chi connectivity index (χ4v) is 3.24. The van der Waals surface area contributed by atoms with Crippen LogP contribution in [0.5, 0.6) is 0 Å². The third-order valence-corrected chi connectivity index (χ3v) is 4.40. The zero-order valence-corrected chi connectivity index (χ0v) is 13.6. The van der Waals surface area contributed by atoms with Crippen molar-refractivity contribution < 1.29 is 0 Å². The molecule has 1 aromatic carbocycles. The molecule has 0 aliphatic heterocycles. The van der Waals surface area contributed by atoms with E-state index in [9.17, 15) is 0 Å². The summed E-state index contributed by atoms with van der Waals surface area (Å²) >= 11 is 1.72. The fourth-order valence-electron chi connectivity index (χ4n) is 2.31. The molecule has 23 heavy (non-hydrogen) atoms. The maximum Gasteiger partial charge on any atom is 0.191 e. The van der Waals surface area contributed by atoms with Crippen LogP contribution in [0.2, 0.25) is 0 Å². The van der Waals surface area contributed by atoms with Gasteiger partial charge in [0.2, 0.25) is 0 Å². The Balaban J connectivity index is 1.74. The van der Waals surface area contributed by atoms with Crippen molar-refractivity contribution in [3.63, 3.8) is 0 Å². The van der Waals surface area contributed by atoms with Crippen molar-refractivity contribution in [1.29, 1.82) is 0 Å². The van der Waals surface area contributed by atoms with E-state index in [-0.39, 0.29) is 0 Å². The summed E-state index contributed by atoms with van der Waals surface area (Å²) in [6, 6.07) is 14.4. The van der Waals surface area contributed by atoms with Gasteiger partial charge in [0.15, 0.2) is 11.0 Å². The van der Waals surface area contributed by atoms with E-state index < -0.39 is 0 Å². The van der Waals surface area contributed by atoms with Gasteiger partial charge in [-0.1, -0.05) is 48.2 Å². The van der Waals surface area contributed by atoms with Gasteiger partial charge >= 0.3 is 0 Å². The lowest BCUT2D eigenvalue weighted by Gasteiger charge is -2.07. The molecule has 0 unspecified atom stereocenters. The average molecular weight is 322 g/mol. The molecule has 4 nitrogen and oxygen atoms in total. The highest BCUT2D eigenvalue weighted by atomic mass is 32.2. The number of allylic oxidation sites excluding steroid dienone is 1. The van der Waals surface area contributed by atoms with E-state index in [0.29, 0.717) is 6.54 Å². The van der Waals surface area contributed by atoms with E-state index in [1.807, 2.05) is 24.3 Å². The lowest BCUT2D eigenvalue weighted by molar-refractivity contribution is 0.731. The number of pyridine rings is 1. The number of aromatic nitrogens is 4. The molecular formula is C18H18N4S. The molecule has 5 heteroatoms. The average Bonchev–Trinajstić information content (AvgIpc) is 3.00. The number of aryl methyl sites for hydroxylation is 1. The van der Waals surface area contributed by atoms with Gasteiger partial charge in [-0.2, -0.15) is 0 Å². The zero-order valence-electron chi connectivity index (χ0n) is 12.8. The molecule has 0 saturated heterocycles. The van der Waals surface area contributed by atoms with Crippen molar-refractivity contribution in [3.05, 3.63) is 73.1 Å². The number of thioether (sulfide) groups is 1. The van der Waals surface area contributed by atoms with Crippen molar-refractivity contribution in [2.24, 2.45) is 0 Å². The summed E-state index contributed by atoms with van der Waals surface area (Å²) in [5.74, 6) is 1.82. The SMILES string of the molecule is C=CCn1c(SCCc2ccccc2)nnc1-c1ccncc1. The summed E-state index contributed by atoms with van der Waals surface area (Å²) in [5.41, 5.74) is 2.36. The van der Waals surface area contributed by atoms with Gasteiger partial charge in [-0.25, -0.2) is 0 Å². The van der Waals surface area contributed by atoms with E-state index in [0.717, 1.165) is 28.7 Å². The summed E-state index contributed by atoms with van der Waals surface area (Å²) in [6.07, 6.45) is 6.42. The van der Waals surface area contributed by atoms with Crippen LogP contribution >= 0.6 is 11.8 Å². The molecule has 0 aliphatic carbocycles. The standard InChI is InChI=1S/C18H18N4S/c1-2-13-22-17(16-8-11-19-12-9-16)20-21-18(22)23-14-10-15-6-4-3-5-7-15/h2-9,11-12H,1,10,13-14H2. The highest BCUT2D eigenvalue weighted by Crippen LogP contribution is 2.24. The Morgan fingerprint density at radius 1 is 1.04 bits per heavy atom. The van der Waals surface area contributed by atoms with Gasteiger partial charge in [-0.3, -0.25) is 9.55 Å². The van der Waals surface area contributed by atoms with Crippen molar-refractivity contribution >= 4 is 11.8 Å². The van der Waals surface area contributed by atoms with Crippen LogP contribution in [-0.2, 0) is 13.0 Å². The van der Waals surface area contributed by atoms with Crippen LogP contribution in [0.3, 0.4) is 0 Å². The van der Waals surface area contributed by atoms with Crippen LogP contribution in [0.25, 0.3) is 11.4 Å². The minimum atomic E-state index is 0.693. The Kier molecular flexibility index (Phi) is 5.21. The maximum absolute atomic E-state index is 4.35. The first kappa shape index (κ1) is 15.5. The van der Waals surface area contributed by atoms with Crippen LogP contribution in [0, 0.1) is 0 Å². The molecule has 0 N–H and O–H groups in total. The maximum atomic E-state index is 4.35. The number of nitrogens with zero attached hydrogens (tertiary/aromatic N) is 4. The second-order valence-electron chi connectivity index (χ2n) is 5.03. The lowest BCUT2D eigenvalue weighted by Crippen LogP contribution is -2.01. The van der Waals surface area contributed by atoms with Crippen LogP contribution in [-0.4, -0.2) is 25.5 Å². The van der Waals surface area contributed by atoms with Gasteiger partial charge in [-0.05, 0) is 24.1 Å². The van der Waals surface area contributed by atoms with E-state index in [1.54, 1.807) is 24.2 Å². The quantitative estimate of drug-likeness (QED) is 0.489. The molecule has 0 aliphatic rings. The highest BCUT2D eigenvalue weighted by Gasteiger charge is 2.13. The molecule has 2 heterocycles. The Bertz CT molecular complexity index is 753. The van der Waals surface area contributed by atoms with Crippen molar-refractivity contribution in [1.82, 2.24) is 19.7 Å². The Morgan fingerprint density at radius 3 is 2.57 bits per heavy atom. The fraction of sp³-hybridized carbons (Fsp3) is 0.167. The van der Waals surface area contributed by atoms with Crippen molar-refractivity contribution in [3.8, 4) is 11.4 Å². The van der Waals surface area contributed by atoms with E-state index in [4.69, 9.17) is 0 Å². The summed E-state index contributed by atoms with van der Waals surface area (Å²) < 4.78 is 2.10. The number of hydrogen-bond acceptors (Lipinski definition) is 4. The molecule has 0 spiro atoms. The molecular weight excluding hydrogens is 304 g/mol. The summed E-state index contributed by atoms with van der Waals surface area (Å²) in [6.45, 7) is 4.53. The molecule has 0 atom stereocenters. The van der Waals surface area contributed by atoms with Crippen LogP contribution < -0.4 is 0 Å². The molecule has 0 fully saturated rings. The lowest BCUT2D eigenvalue weighted by atomic mass is 10.2. The number of benzene rings is 1. The normalized spacial score (nSPS) is 10.6. The highest BCUT2D eigenvalue weighted by molar-refractivity contribution is 7.99. The predicted octanol–water partition coefficient (Wildman–Crippen LogP) is 3.86. The Labute approximate surface area is 140 Å². The second kappa shape index (κ2) is 7.74. The van der Waals surface area contributed by atoms with Gasteiger partial charge in [0, 0.05) is 30.3 Å². The van der Waals surface area contributed by atoms with Crippen LogP contribution in [0.4, 0.5) is 0 Å². The molecule has 3 aromatic rings. The minimum absolute atomic E-state index is 0.693. The molecule has 0 radical (unpaired) electrons. The molecule has 116 valence electrons. The zero-order chi connectivity index (χ0) is 15.9. The van der Waals surface area contributed by atoms with E-state index in [1.165, 1.54) is 5.56 Å². The van der Waals surface area contributed by atoms with Crippen LogP contribution in [0.15, 0.2) is 72.7 Å². The third kappa shape index (κ3) is 3.87. The third-order valence-electron chi connectivity index (χ3n) is 3.43. The topological polar surface area (TPSA) is 43.6 Å². The Morgan fingerprint density at radius 2 is 1.83 bits per heavy atom. The number of hydrogen-bond donors (Lipinski definition) is 0. The monoisotopic (exact) mass is 322 g/mol. The largest absolute Gasteiger partial charge is 0.298 e. The van der Waals surface area contributed by atoms with E-state index in [2.05, 4.69) is 50.6 Å². The first-order valence-electron chi connectivity index (χ1n) is 7.49. The summed E-state index contributed by atoms with van der Waals surface area (Å²) in [5, 5.41) is 9.62. The minimum Gasteiger partial charge on any atom is -0.298 e. The second-order valence-corrected chi connectivity index (χ2v) is 6.09. The summed E-state index contributed by atoms with van der Waals surface area (Å²) in [4.78, 5) is 4.05. The van der Waals surface area contributed by atoms with Crippen molar-refractivity contribution in [2.75, 3.05) is 5.75 Å². The Hall–Kier alpha value is -2.40. The smallest absolute Gasteiger partial charge is 0.191 e. The molecule has 0 saturated carbocycles. The van der Waals surface area contributed by atoms with Gasteiger partial charge in [0.25, 0.3) is 0 Å². The van der Waals surface area contributed by atoms with Gasteiger partial charge in [0.1, 0.15) is 0 Å². The van der Waals surface area contributed by atoms with Gasteiger partial charge < -0.3 is 0 Å². The molecule has 0 bridgehead atoms. The molecule has 0 amide bonds.